The molecule has 7 aliphatic carbocycles. The topological polar surface area (TPSA) is 3.24 Å². The van der Waals surface area contributed by atoms with Crippen molar-refractivity contribution in [3.05, 3.63) is 161 Å². The summed E-state index contributed by atoms with van der Waals surface area (Å²) in [6.07, 6.45) is 9.41. The smallest absolute Gasteiger partial charge is 0.0509 e. The minimum atomic E-state index is -0.0814. The number of hydrogen-bond acceptors (Lipinski definition) is 1. The summed E-state index contributed by atoms with van der Waals surface area (Å²) in [4.78, 5) is 2.67. The summed E-state index contributed by atoms with van der Waals surface area (Å²) in [7, 11) is 0. The van der Waals surface area contributed by atoms with Crippen LogP contribution in [0.1, 0.15) is 120 Å². The Morgan fingerprint density at radius 1 is 0.431 bits per heavy atom. The highest BCUT2D eigenvalue weighted by Gasteiger charge is 2.62. The van der Waals surface area contributed by atoms with Crippen LogP contribution in [0.3, 0.4) is 0 Å². The Balaban J connectivity index is 1.08. The molecule has 0 atom stereocenters. The van der Waals surface area contributed by atoms with Crippen LogP contribution in [-0.4, -0.2) is 0 Å². The van der Waals surface area contributed by atoms with Crippen LogP contribution in [0.2, 0.25) is 0 Å². The summed E-state index contributed by atoms with van der Waals surface area (Å²) in [6, 6.07) is 50.2. The van der Waals surface area contributed by atoms with Crippen molar-refractivity contribution < 1.29 is 0 Å². The molecule has 7 aliphatic rings. The van der Waals surface area contributed by atoms with E-state index in [2.05, 4.69) is 174 Å². The Bertz CT molecular complexity index is 2640. The molecule has 1 heteroatoms. The van der Waals surface area contributed by atoms with Gasteiger partial charge in [-0.25, -0.2) is 0 Å². The van der Waals surface area contributed by atoms with Gasteiger partial charge in [-0.1, -0.05) is 139 Å². The van der Waals surface area contributed by atoms with Crippen LogP contribution in [0, 0.1) is 23.7 Å². The molecule has 0 unspecified atom stereocenters. The summed E-state index contributed by atoms with van der Waals surface area (Å²) in [5.41, 5.74) is 21.7. The van der Waals surface area contributed by atoms with E-state index in [1.165, 1.54) is 112 Å². The van der Waals surface area contributed by atoms with E-state index in [1.807, 2.05) is 0 Å². The van der Waals surface area contributed by atoms with E-state index in [1.54, 1.807) is 16.7 Å². The zero-order chi connectivity index (χ0) is 39.3. The van der Waals surface area contributed by atoms with Crippen LogP contribution >= 0.6 is 0 Å². The van der Waals surface area contributed by atoms with Crippen molar-refractivity contribution >= 4 is 17.1 Å². The maximum Gasteiger partial charge on any atom is 0.0509 e. The zero-order valence-electron chi connectivity index (χ0n) is 35.3. The van der Waals surface area contributed by atoms with Crippen LogP contribution in [0.15, 0.2) is 127 Å². The number of fused-ring (bicyclic) bond motifs is 7. The lowest BCUT2D eigenvalue weighted by molar-refractivity contribution is -0.0397. The first-order valence-electron chi connectivity index (χ1n) is 22.5. The molecule has 1 nitrogen and oxygen atoms in total. The standard InChI is InChI=1S/C57H57N/c1-54(2)27-28-55(3,4)52-42(15-11-19-49(52)54)37-21-23-40(24-22-37)58(41-25-26-45-43-13-7-9-17-47(43)56(5,6)50(45)34-41)51-20-12-16-46-44-14-8-10-18-48(44)57(53(46)51)38-30-35-29-36(32-38)33-39(57)31-35/h7-26,34-36,38-39H,27-33H2,1-6H3. The van der Waals surface area contributed by atoms with Crippen LogP contribution in [0.25, 0.3) is 33.4 Å². The molecule has 0 saturated heterocycles. The van der Waals surface area contributed by atoms with Crippen LogP contribution in [0.5, 0.6) is 0 Å². The first-order chi connectivity index (χ1) is 28.0. The molecule has 0 radical (unpaired) electrons. The van der Waals surface area contributed by atoms with Gasteiger partial charge in [-0.15, -0.1) is 0 Å². The van der Waals surface area contributed by atoms with Gasteiger partial charge in [0.15, 0.2) is 0 Å². The van der Waals surface area contributed by atoms with E-state index < -0.39 is 0 Å². The zero-order valence-corrected chi connectivity index (χ0v) is 35.3. The van der Waals surface area contributed by atoms with Gasteiger partial charge in [0.1, 0.15) is 0 Å². The second kappa shape index (κ2) is 11.9. The summed E-state index contributed by atoms with van der Waals surface area (Å²) in [5, 5.41) is 0. The van der Waals surface area contributed by atoms with Gasteiger partial charge in [-0.2, -0.15) is 0 Å². The maximum absolute atomic E-state index is 2.67. The third-order valence-corrected chi connectivity index (χ3v) is 16.9. The summed E-state index contributed by atoms with van der Waals surface area (Å²) >= 11 is 0. The van der Waals surface area contributed by atoms with Crippen molar-refractivity contribution in [2.24, 2.45) is 23.7 Å². The summed E-state index contributed by atoms with van der Waals surface area (Å²) in [5.74, 6) is 3.20. The monoisotopic (exact) mass is 755 g/mol. The molecule has 4 saturated carbocycles. The minimum Gasteiger partial charge on any atom is -0.310 e. The van der Waals surface area contributed by atoms with Gasteiger partial charge in [-0.05, 0) is 177 Å². The van der Waals surface area contributed by atoms with Gasteiger partial charge in [0.2, 0.25) is 0 Å². The van der Waals surface area contributed by atoms with Gasteiger partial charge in [0, 0.05) is 22.2 Å². The predicted molar refractivity (Wildman–Crippen MR) is 243 cm³/mol. The first-order valence-corrected chi connectivity index (χ1v) is 22.5. The Hall–Kier alpha value is -4.88. The van der Waals surface area contributed by atoms with Crippen molar-refractivity contribution in [3.63, 3.8) is 0 Å². The summed E-state index contributed by atoms with van der Waals surface area (Å²) in [6.45, 7) is 14.6. The van der Waals surface area contributed by atoms with E-state index in [9.17, 15) is 0 Å². The Morgan fingerprint density at radius 2 is 0.983 bits per heavy atom. The SMILES string of the molecule is CC1(C)CCC(C)(C)c2c(-c3ccc(N(c4ccc5c(c4)C(C)(C)c4ccccc4-5)c4cccc5c4C4(c6ccccc6-5)C5CC6CC(C5)CC4C6)cc3)cccc21. The fraction of sp³-hybridized carbons (Fsp3) is 0.368. The van der Waals surface area contributed by atoms with Gasteiger partial charge >= 0.3 is 0 Å². The fourth-order valence-corrected chi connectivity index (χ4v) is 14.4. The maximum atomic E-state index is 2.67. The van der Waals surface area contributed by atoms with Crippen molar-refractivity contribution in [3.8, 4) is 33.4 Å². The number of rotatable bonds is 4. The molecule has 4 fully saturated rings. The molecular weight excluding hydrogens is 699 g/mol. The van der Waals surface area contributed by atoms with Gasteiger partial charge in [0.25, 0.3) is 0 Å². The Labute approximate surface area is 346 Å². The highest BCUT2D eigenvalue weighted by Crippen LogP contribution is 2.71. The quantitative estimate of drug-likeness (QED) is 0.173. The molecule has 58 heavy (non-hydrogen) atoms. The van der Waals surface area contributed by atoms with Gasteiger partial charge in [0.05, 0.1) is 5.69 Å². The molecule has 0 aliphatic heterocycles. The first kappa shape index (κ1) is 35.1. The van der Waals surface area contributed by atoms with Crippen molar-refractivity contribution in [1.29, 1.82) is 0 Å². The van der Waals surface area contributed by atoms with E-state index >= 15 is 0 Å². The Morgan fingerprint density at radius 3 is 1.71 bits per heavy atom. The van der Waals surface area contributed by atoms with E-state index in [0.29, 0.717) is 11.8 Å². The molecule has 0 heterocycles. The molecule has 13 rings (SSSR count). The molecule has 0 amide bonds. The number of hydrogen-bond donors (Lipinski definition) is 0. The Kier molecular flexibility index (Phi) is 7.18. The second-order valence-electron chi connectivity index (χ2n) is 21.2. The van der Waals surface area contributed by atoms with E-state index in [-0.39, 0.29) is 21.7 Å². The number of anilines is 3. The van der Waals surface area contributed by atoms with E-state index in [0.717, 1.165) is 11.8 Å². The molecule has 0 N–H and O–H groups in total. The van der Waals surface area contributed by atoms with Crippen LogP contribution in [0.4, 0.5) is 17.1 Å². The molecule has 6 aromatic rings. The average Bonchev–Trinajstić information content (AvgIpc) is 3.65. The van der Waals surface area contributed by atoms with Gasteiger partial charge in [-0.3, -0.25) is 0 Å². The van der Waals surface area contributed by atoms with Gasteiger partial charge < -0.3 is 4.90 Å². The second-order valence-corrected chi connectivity index (χ2v) is 21.2. The normalized spacial score (nSPS) is 26.8. The van der Waals surface area contributed by atoms with Crippen LogP contribution < -0.4 is 4.90 Å². The fourth-order valence-electron chi connectivity index (χ4n) is 14.4. The number of benzene rings is 6. The molecule has 6 aromatic carbocycles. The lowest BCUT2D eigenvalue weighted by Gasteiger charge is -2.61. The van der Waals surface area contributed by atoms with Crippen molar-refractivity contribution in [2.75, 3.05) is 4.90 Å². The third kappa shape index (κ3) is 4.60. The molecule has 0 aromatic heterocycles. The minimum absolute atomic E-state index is 0.0574. The van der Waals surface area contributed by atoms with Crippen molar-refractivity contribution in [1.82, 2.24) is 0 Å². The molecule has 1 spiro atoms. The van der Waals surface area contributed by atoms with Crippen LogP contribution in [-0.2, 0) is 21.7 Å². The predicted octanol–water partition coefficient (Wildman–Crippen LogP) is 15.2. The average molecular weight is 756 g/mol. The van der Waals surface area contributed by atoms with E-state index in [4.69, 9.17) is 0 Å². The molecule has 4 bridgehead atoms. The lowest BCUT2D eigenvalue weighted by atomic mass is 9.43. The largest absolute Gasteiger partial charge is 0.310 e. The lowest BCUT2D eigenvalue weighted by Crippen LogP contribution is -2.55. The third-order valence-electron chi connectivity index (χ3n) is 16.9. The molecular formula is C57H57N. The number of nitrogens with zero attached hydrogens (tertiary/aromatic N) is 1. The highest BCUT2D eigenvalue weighted by atomic mass is 15.1. The highest BCUT2D eigenvalue weighted by molar-refractivity contribution is 5.93. The van der Waals surface area contributed by atoms with Crippen molar-refractivity contribution in [2.45, 2.75) is 108 Å². The summed E-state index contributed by atoms with van der Waals surface area (Å²) < 4.78 is 0. The molecule has 290 valence electrons.